The number of aliphatic hydroxyl groups excluding tert-OH is 8. The Kier molecular flexibility index (Phi) is 46.5. The molecular formula is C64H121NO13. The lowest BCUT2D eigenvalue weighted by molar-refractivity contribution is -0.359. The zero-order chi connectivity index (χ0) is 56.7. The first kappa shape index (κ1) is 72.6. The van der Waals surface area contributed by atoms with E-state index in [1.807, 2.05) is 6.08 Å². The highest BCUT2D eigenvalue weighted by molar-refractivity contribution is 5.76. The fourth-order valence-corrected chi connectivity index (χ4v) is 10.9. The summed E-state index contributed by atoms with van der Waals surface area (Å²) in [5, 5.41) is 87.0. The third-order valence-electron chi connectivity index (χ3n) is 16.1. The molecule has 2 saturated heterocycles. The molecule has 0 saturated carbocycles. The molecule has 460 valence electrons. The lowest BCUT2D eigenvalue weighted by Crippen LogP contribution is -2.65. The quantitative estimate of drug-likeness (QED) is 0.0204. The topological polar surface area (TPSA) is 228 Å². The van der Waals surface area contributed by atoms with Crippen LogP contribution in [0.4, 0.5) is 0 Å². The van der Waals surface area contributed by atoms with Crippen molar-refractivity contribution in [3.8, 4) is 0 Å². The fourth-order valence-electron chi connectivity index (χ4n) is 10.9. The molecule has 0 aromatic carbocycles. The average Bonchev–Trinajstić information content (AvgIpc) is 3.45. The van der Waals surface area contributed by atoms with Gasteiger partial charge < -0.3 is 65.1 Å². The minimum Gasteiger partial charge on any atom is -0.394 e. The van der Waals surface area contributed by atoms with Crippen LogP contribution in [-0.4, -0.2) is 140 Å². The van der Waals surface area contributed by atoms with E-state index in [1.54, 1.807) is 6.08 Å². The molecule has 0 aromatic rings. The molecule has 0 bridgehead atoms. The molecule has 0 radical (unpaired) electrons. The van der Waals surface area contributed by atoms with Crippen molar-refractivity contribution < 1.29 is 64.6 Å². The molecule has 2 aliphatic rings. The van der Waals surface area contributed by atoms with Gasteiger partial charge in [0.2, 0.25) is 5.91 Å². The summed E-state index contributed by atoms with van der Waals surface area (Å²) in [5.41, 5.74) is 0. The maximum atomic E-state index is 13.2. The summed E-state index contributed by atoms with van der Waals surface area (Å²) in [6, 6.07) is -0.927. The Morgan fingerprint density at radius 3 is 1.26 bits per heavy atom. The summed E-state index contributed by atoms with van der Waals surface area (Å²) in [7, 11) is 0. The lowest BCUT2D eigenvalue weighted by Gasteiger charge is -2.46. The number of rotatable bonds is 53. The largest absolute Gasteiger partial charge is 0.394 e. The molecule has 0 aliphatic carbocycles. The van der Waals surface area contributed by atoms with Gasteiger partial charge in [-0.25, -0.2) is 0 Å². The van der Waals surface area contributed by atoms with Crippen LogP contribution < -0.4 is 5.32 Å². The molecule has 12 atom stereocenters. The number of nitrogens with one attached hydrogen (secondary N) is 1. The Bertz CT molecular complexity index is 1400. The van der Waals surface area contributed by atoms with Gasteiger partial charge in [0, 0.05) is 6.42 Å². The Labute approximate surface area is 475 Å². The first-order chi connectivity index (χ1) is 38.1. The van der Waals surface area contributed by atoms with Crippen molar-refractivity contribution in [2.45, 2.75) is 357 Å². The number of allylic oxidation sites excluding steroid dienone is 3. The first-order valence-electron chi connectivity index (χ1n) is 32.6. The highest BCUT2D eigenvalue weighted by Crippen LogP contribution is 2.30. The van der Waals surface area contributed by atoms with Gasteiger partial charge in [0.1, 0.15) is 48.8 Å². The van der Waals surface area contributed by atoms with E-state index < -0.39 is 86.8 Å². The van der Waals surface area contributed by atoms with Gasteiger partial charge in [-0.05, 0) is 32.1 Å². The molecule has 9 N–H and O–H groups in total. The van der Waals surface area contributed by atoms with Crippen LogP contribution in [-0.2, 0) is 23.7 Å². The van der Waals surface area contributed by atoms with Crippen molar-refractivity contribution in [2.75, 3.05) is 19.8 Å². The van der Waals surface area contributed by atoms with Crippen LogP contribution in [0.1, 0.15) is 284 Å². The van der Waals surface area contributed by atoms with Crippen LogP contribution in [0.2, 0.25) is 0 Å². The average molecular weight is 1110 g/mol. The van der Waals surface area contributed by atoms with Crippen LogP contribution >= 0.6 is 0 Å². The second kappa shape index (κ2) is 50.0. The van der Waals surface area contributed by atoms with Crippen LogP contribution in [0.25, 0.3) is 0 Å². The minimum absolute atomic E-state index is 0.245. The van der Waals surface area contributed by atoms with E-state index >= 15 is 0 Å². The molecule has 78 heavy (non-hydrogen) atoms. The third kappa shape index (κ3) is 34.8. The zero-order valence-electron chi connectivity index (χ0n) is 49.7. The fraction of sp³-hybridized carbons (Fsp3) is 0.922. The van der Waals surface area contributed by atoms with E-state index in [-0.39, 0.29) is 18.9 Å². The van der Waals surface area contributed by atoms with Crippen molar-refractivity contribution in [2.24, 2.45) is 0 Å². The Hall–Kier alpha value is -1.53. The van der Waals surface area contributed by atoms with Crippen molar-refractivity contribution in [3.63, 3.8) is 0 Å². The Morgan fingerprint density at radius 2 is 0.821 bits per heavy atom. The van der Waals surface area contributed by atoms with Crippen LogP contribution in [0.3, 0.4) is 0 Å². The summed E-state index contributed by atoms with van der Waals surface area (Å²) >= 11 is 0. The van der Waals surface area contributed by atoms with Crippen molar-refractivity contribution >= 4 is 5.91 Å². The predicted molar refractivity (Wildman–Crippen MR) is 314 cm³/mol. The Balaban J connectivity index is 1.61. The minimum atomic E-state index is -1.79. The van der Waals surface area contributed by atoms with Crippen molar-refractivity contribution in [1.29, 1.82) is 0 Å². The van der Waals surface area contributed by atoms with Crippen LogP contribution in [0.5, 0.6) is 0 Å². The van der Waals surface area contributed by atoms with Gasteiger partial charge in [-0.2, -0.15) is 0 Å². The molecule has 14 heteroatoms. The molecule has 0 aromatic heterocycles. The summed E-state index contributed by atoms with van der Waals surface area (Å²) in [6.07, 6.45) is 44.1. The van der Waals surface area contributed by atoms with Gasteiger partial charge in [-0.1, -0.05) is 269 Å². The zero-order valence-corrected chi connectivity index (χ0v) is 49.7. The lowest BCUT2D eigenvalue weighted by atomic mass is 9.97. The van der Waals surface area contributed by atoms with Gasteiger partial charge in [0.05, 0.1) is 32.0 Å². The summed E-state index contributed by atoms with van der Waals surface area (Å²) < 4.78 is 22.7. The molecule has 2 fully saturated rings. The van der Waals surface area contributed by atoms with E-state index in [0.717, 1.165) is 32.1 Å². The van der Waals surface area contributed by atoms with Crippen molar-refractivity contribution in [3.05, 3.63) is 24.3 Å². The van der Waals surface area contributed by atoms with Crippen LogP contribution in [0.15, 0.2) is 24.3 Å². The molecule has 2 heterocycles. The van der Waals surface area contributed by atoms with E-state index in [2.05, 4.69) is 31.3 Å². The summed E-state index contributed by atoms with van der Waals surface area (Å²) in [4.78, 5) is 13.2. The highest BCUT2D eigenvalue weighted by atomic mass is 16.7. The monoisotopic (exact) mass is 1110 g/mol. The number of aliphatic hydroxyl groups is 8. The van der Waals surface area contributed by atoms with Crippen molar-refractivity contribution in [1.82, 2.24) is 5.32 Å². The third-order valence-corrected chi connectivity index (χ3v) is 16.1. The van der Waals surface area contributed by atoms with E-state index in [9.17, 15) is 45.6 Å². The molecule has 0 spiro atoms. The van der Waals surface area contributed by atoms with Gasteiger partial charge in [0.15, 0.2) is 12.6 Å². The standard InChI is InChI=1S/C64H121NO13/c1-3-5-7-9-11-13-15-17-18-19-20-21-22-23-24-25-26-27-28-29-30-31-32-33-34-35-36-38-40-42-44-46-48-56(69)65-52(53(68)47-45-43-41-39-37-16-14-12-10-8-6-4-2)51-75-63-61(74)59(72)62(55(50-67)77-63)78-64-60(73)58(71)57(70)54(49-66)76-64/h37,39,45,47,52-55,57-64,66-68,70-74H,3-36,38,40-44,46,48-51H2,1-2H3,(H,65,69)/b39-37+,47-45+. The van der Waals surface area contributed by atoms with Gasteiger partial charge in [-0.15, -0.1) is 0 Å². The van der Waals surface area contributed by atoms with Gasteiger partial charge in [0.25, 0.3) is 0 Å². The highest BCUT2D eigenvalue weighted by Gasteiger charge is 2.51. The number of hydrogen-bond donors (Lipinski definition) is 9. The van der Waals surface area contributed by atoms with E-state index in [4.69, 9.17) is 18.9 Å². The molecule has 12 unspecified atom stereocenters. The van der Waals surface area contributed by atoms with E-state index in [1.165, 1.54) is 218 Å². The predicted octanol–water partition coefficient (Wildman–Crippen LogP) is 12.0. The normalized spacial score (nSPS) is 24.6. The van der Waals surface area contributed by atoms with E-state index in [0.29, 0.717) is 12.8 Å². The number of hydrogen-bond acceptors (Lipinski definition) is 13. The SMILES string of the molecule is CCCCCCCC/C=C/CC/C=C/C(O)C(COC1OC(CO)C(OC2OC(CO)C(O)C(O)C2O)C(O)C1O)NC(=O)CCCCCCCCCCCCCCCCCCCCCCCCCCCCCCCCCC. The van der Waals surface area contributed by atoms with Gasteiger partial charge in [-0.3, -0.25) is 4.79 Å². The molecule has 2 rings (SSSR count). The number of carbonyl (C=O) groups excluding carboxylic acids is 1. The maximum Gasteiger partial charge on any atom is 0.220 e. The maximum absolute atomic E-state index is 13.2. The number of ether oxygens (including phenoxy) is 4. The number of carbonyl (C=O) groups is 1. The Morgan fingerprint density at radius 1 is 0.449 bits per heavy atom. The smallest absolute Gasteiger partial charge is 0.220 e. The second-order valence-electron chi connectivity index (χ2n) is 23.2. The summed E-state index contributed by atoms with van der Waals surface area (Å²) in [6.45, 7) is 2.79. The number of unbranched alkanes of at least 4 members (excludes halogenated alkanes) is 38. The number of amides is 1. The molecule has 1 amide bonds. The van der Waals surface area contributed by atoms with Gasteiger partial charge >= 0.3 is 0 Å². The first-order valence-corrected chi connectivity index (χ1v) is 32.6. The molecule has 2 aliphatic heterocycles. The summed E-state index contributed by atoms with van der Waals surface area (Å²) in [5.74, 6) is -0.245. The molecular weight excluding hydrogens is 991 g/mol. The second-order valence-corrected chi connectivity index (χ2v) is 23.2. The molecule has 14 nitrogen and oxygen atoms in total. The van der Waals surface area contributed by atoms with Crippen LogP contribution in [0, 0.1) is 0 Å².